The fraction of sp³-hybridized carbons (Fsp3) is 0.650. The van der Waals surface area contributed by atoms with Crippen molar-refractivity contribution < 1.29 is 9.53 Å². The molecule has 146 valence electrons. The lowest BCUT2D eigenvalue weighted by atomic mass is 9.90. The zero-order valence-electron chi connectivity index (χ0n) is 15.5. The van der Waals surface area contributed by atoms with Crippen molar-refractivity contribution in [2.24, 2.45) is 5.73 Å². The standard InChI is InChI=1S/C20H31N3O2.ClH/c21-11-13-22(12-10-17-6-2-1-3-7-17)16-20(24)23-14-15-25-19-9-5-4-8-18(19)23;/h1-3,6-7,18-19H,4-5,8-16,21H2;1H. The van der Waals surface area contributed by atoms with E-state index < -0.39 is 0 Å². The van der Waals surface area contributed by atoms with Gasteiger partial charge < -0.3 is 15.4 Å². The van der Waals surface area contributed by atoms with E-state index in [0.717, 1.165) is 38.9 Å². The van der Waals surface area contributed by atoms with E-state index in [1.807, 2.05) is 6.07 Å². The van der Waals surface area contributed by atoms with Gasteiger partial charge in [0.1, 0.15) is 0 Å². The molecule has 1 aliphatic heterocycles. The van der Waals surface area contributed by atoms with E-state index in [-0.39, 0.29) is 30.5 Å². The summed E-state index contributed by atoms with van der Waals surface area (Å²) in [6, 6.07) is 10.7. The Morgan fingerprint density at radius 3 is 2.73 bits per heavy atom. The summed E-state index contributed by atoms with van der Waals surface area (Å²) < 4.78 is 5.89. The van der Waals surface area contributed by atoms with Crippen molar-refractivity contribution in [1.29, 1.82) is 0 Å². The number of hydrogen-bond acceptors (Lipinski definition) is 4. The Labute approximate surface area is 163 Å². The molecule has 2 aliphatic rings. The first-order chi connectivity index (χ1) is 12.3. The summed E-state index contributed by atoms with van der Waals surface area (Å²) in [6.45, 7) is 4.08. The highest BCUT2D eigenvalue weighted by Gasteiger charge is 2.36. The average molecular weight is 382 g/mol. The number of nitrogens with zero attached hydrogens (tertiary/aromatic N) is 2. The van der Waals surface area contributed by atoms with Crippen LogP contribution >= 0.6 is 12.4 Å². The fourth-order valence-corrected chi connectivity index (χ4v) is 4.07. The fourth-order valence-electron chi connectivity index (χ4n) is 4.07. The summed E-state index contributed by atoms with van der Waals surface area (Å²) in [6.07, 6.45) is 5.79. The van der Waals surface area contributed by atoms with Gasteiger partial charge in [-0.2, -0.15) is 0 Å². The van der Waals surface area contributed by atoms with E-state index in [9.17, 15) is 4.79 Å². The van der Waals surface area contributed by atoms with Crippen LogP contribution in [0.1, 0.15) is 31.2 Å². The molecule has 1 amide bonds. The number of carbonyl (C=O) groups is 1. The number of morpholine rings is 1. The van der Waals surface area contributed by atoms with E-state index in [2.05, 4.69) is 34.1 Å². The number of fused-ring (bicyclic) bond motifs is 1. The van der Waals surface area contributed by atoms with Gasteiger partial charge in [0.15, 0.2) is 0 Å². The van der Waals surface area contributed by atoms with E-state index in [1.54, 1.807) is 0 Å². The molecule has 0 radical (unpaired) electrons. The molecule has 1 aromatic carbocycles. The molecule has 3 rings (SSSR count). The first-order valence-corrected chi connectivity index (χ1v) is 9.65. The van der Waals surface area contributed by atoms with Gasteiger partial charge in [0.25, 0.3) is 0 Å². The molecule has 1 heterocycles. The monoisotopic (exact) mass is 381 g/mol. The van der Waals surface area contributed by atoms with Crippen molar-refractivity contribution >= 4 is 18.3 Å². The lowest BCUT2D eigenvalue weighted by Crippen LogP contribution is -2.57. The third-order valence-electron chi connectivity index (χ3n) is 5.42. The first-order valence-electron chi connectivity index (χ1n) is 9.65. The lowest BCUT2D eigenvalue weighted by molar-refractivity contribution is -0.150. The molecule has 2 N–H and O–H groups in total. The Morgan fingerprint density at radius 1 is 1.19 bits per heavy atom. The zero-order chi connectivity index (χ0) is 17.5. The Balaban J connectivity index is 0.00000243. The van der Waals surface area contributed by atoms with Crippen molar-refractivity contribution in [2.45, 2.75) is 44.2 Å². The summed E-state index contributed by atoms with van der Waals surface area (Å²) in [7, 11) is 0. The van der Waals surface area contributed by atoms with Crippen molar-refractivity contribution in [3.05, 3.63) is 35.9 Å². The molecule has 2 atom stereocenters. The van der Waals surface area contributed by atoms with Crippen molar-refractivity contribution in [3.63, 3.8) is 0 Å². The van der Waals surface area contributed by atoms with E-state index >= 15 is 0 Å². The molecule has 5 nitrogen and oxygen atoms in total. The number of amides is 1. The number of benzene rings is 1. The first kappa shape index (κ1) is 21.2. The van der Waals surface area contributed by atoms with E-state index in [1.165, 1.54) is 18.4 Å². The maximum absolute atomic E-state index is 12.9. The number of carbonyl (C=O) groups excluding carboxylic acids is 1. The van der Waals surface area contributed by atoms with Gasteiger partial charge in [-0.05, 0) is 24.8 Å². The summed E-state index contributed by atoms with van der Waals surface area (Å²) in [5.41, 5.74) is 7.07. The molecule has 1 saturated carbocycles. The molecule has 0 spiro atoms. The Morgan fingerprint density at radius 2 is 1.96 bits per heavy atom. The SMILES string of the molecule is Cl.NCCN(CCc1ccccc1)CC(=O)N1CCOC2CCCCC21. The molecular formula is C20H32ClN3O2. The minimum Gasteiger partial charge on any atom is -0.374 e. The second-order valence-corrected chi connectivity index (χ2v) is 7.15. The largest absolute Gasteiger partial charge is 0.374 e. The minimum absolute atomic E-state index is 0. The smallest absolute Gasteiger partial charge is 0.237 e. The molecule has 0 bridgehead atoms. The number of ether oxygens (including phenoxy) is 1. The van der Waals surface area contributed by atoms with Crippen LogP contribution in [0, 0.1) is 0 Å². The van der Waals surface area contributed by atoms with Crippen LogP contribution in [0.4, 0.5) is 0 Å². The average Bonchev–Trinajstić information content (AvgIpc) is 2.66. The zero-order valence-corrected chi connectivity index (χ0v) is 16.3. The molecule has 1 aromatic rings. The molecule has 0 aromatic heterocycles. The van der Waals surface area contributed by atoms with Gasteiger partial charge in [-0.1, -0.05) is 43.2 Å². The Bertz CT molecular complexity index is 541. The summed E-state index contributed by atoms with van der Waals surface area (Å²) in [5, 5.41) is 0. The van der Waals surface area contributed by atoms with Gasteiger partial charge >= 0.3 is 0 Å². The van der Waals surface area contributed by atoms with Crippen molar-refractivity contribution in [1.82, 2.24) is 9.80 Å². The third kappa shape index (κ3) is 5.68. The normalized spacial score (nSPS) is 22.6. The quantitative estimate of drug-likeness (QED) is 0.785. The highest BCUT2D eigenvalue weighted by atomic mass is 35.5. The van der Waals surface area contributed by atoms with Crippen LogP contribution in [-0.4, -0.2) is 67.2 Å². The van der Waals surface area contributed by atoms with Crippen LogP contribution < -0.4 is 5.73 Å². The Hall–Kier alpha value is -1.14. The van der Waals surface area contributed by atoms with E-state index in [4.69, 9.17) is 10.5 Å². The summed E-state index contributed by atoms with van der Waals surface area (Å²) in [5.74, 6) is 0.238. The van der Waals surface area contributed by atoms with Crippen LogP contribution in [-0.2, 0) is 16.0 Å². The van der Waals surface area contributed by atoms with Crippen LogP contribution in [0.3, 0.4) is 0 Å². The number of nitrogens with two attached hydrogens (primary N) is 1. The third-order valence-corrected chi connectivity index (χ3v) is 5.42. The molecule has 2 fully saturated rings. The van der Waals surface area contributed by atoms with Gasteiger partial charge in [-0.3, -0.25) is 9.69 Å². The van der Waals surface area contributed by atoms with E-state index in [0.29, 0.717) is 19.7 Å². The summed E-state index contributed by atoms with van der Waals surface area (Å²) >= 11 is 0. The van der Waals surface area contributed by atoms with Crippen LogP contribution in [0.25, 0.3) is 0 Å². The van der Waals surface area contributed by atoms with Crippen LogP contribution in [0.15, 0.2) is 30.3 Å². The molecular weight excluding hydrogens is 350 g/mol. The van der Waals surface area contributed by atoms with Crippen molar-refractivity contribution in [2.75, 3.05) is 39.3 Å². The second-order valence-electron chi connectivity index (χ2n) is 7.15. The van der Waals surface area contributed by atoms with Gasteiger partial charge in [0.2, 0.25) is 5.91 Å². The van der Waals surface area contributed by atoms with Gasteiger partial charge in [-0.25, -0.2) is 0 Å². The van der Waals surface area contributed by atoms with Crippen LogP contribution in [0.2, 0.25) is 0 Å². The molecule has 1 aliphatic carbocycles. The lowest BCUT2D eigenvalue weighted by Gasteiger charge is -2.44. The van der Waals surface area contributed by atoms with Crippen molar-refractivity contribution in [3.8, 4) is 0 Å². The molecule has 1 saturated heterocycles. The topological polar surface area (TPSA) is 58.8 Å². The molecule has 2 unspecified atom stereocenters. The van der Waals surface area contributed by atoms with Gasteiger partial charge in [0, 0.05) is 26.2 Å². The second kappa shape index (κ2) is 10.9. The summed E-state index contributed by atoms with van der Waals surface area (Å²) in [4.78, 5) is 17.2. The minimum atomic E-state index is 0. The predicted molar refractivity (Wildman–Crippen MR) is 107 cm³/mol. The number of rotatable bonds is 7. The van der Waals surface area contributed by atoms with Gasteiger partial charge in [-0.15, -0.1) is 12.4 Å². The highest BCUT2D eigenvalue weighted by molar-refractivity contribution is 5.85. The number of halogens is 1. The van der Waals surface area contributed by atoms with Crippen LogP contribution in [0.5, 0.6) is 0 Å². The Kier molecular flexibility index (Phi) is 8.85. The number of hydrogen-bond donors (Lipinski definition) is 1. The highest BCUT2D eigenvalue weighted by Crippen LogP contribution is 2.28. The molecule has 6 heteroatoms. The predicted octanol–water partition coefficient (Wildman–Crippen LogP) is 2.08. The van der Waals surface area contributed by atoms with Gasteiger partial charge in [0.05, 0.1) is 25.3 Å². The molecule has 26 heavy (non-hydrogen) atoms. The maximum atomic E-state index is 12.9. The maximum Gasteiger partial charge on any atom is 0.237 e.